The molecule has 1 aromatic carbocycles. The molecule has 1 aliphatic carbocycles. The zero-order valence-electron chi connectivity index (χ0n) is 15.7. The maximum Gasteiger partial charge on any atom is 0.225 e. The van der Waals surface area contributed by atoms with Gasteiger partial charge in [0.1, 0.15) is 5.65 Å². The maximum absolute atomic E-state index is 12.3. The summed E-state index contributed by atoms with van der Waals surface area (Å²) in [6.07, 6.45) is 4.22. The molecule has 5 nitrogen and oxygen atoms in total. The predicted octanol–water partition coefficient (Wildman–Crippen LogP) is 3.71. The second kappa shape index (κ2) is 7.22. The summed E-state index contributed by atoms with van der Waals surface area (Å²) in [6, 6.07) is 14.0. The van der Waals surface area contributed by atoms with Crippen LogP contribution in [-0.2, 0) is 11.3 Å². The molecular weight excluding hydrogens is 372 g/mol. The van der Waals surface area contributed by atoms with E-state index in [1.54, 1.807) is 0 Å². The standard InChI is InChI=1S/C22H23ClN4O/c23-18-8-6-16(7-9-18)21-19(27-10-2-1-3-20(27)24-21)15-25-11-13-26(14-12-25)22(28)17-4-5-17/h1-3,6-10,17H,4-5,11-15H2. The number of hydrogen-bond acceptors (Lipinski definition) is 3. The van der Waals surface area contributed by atoms with Gasteiger partial charge in [0, 0.05) is 55.4 Å². The second-order valence-corrected chi connectivity index (χ2v) is 8.15. The van der Waals surface area contributed by atoms with Gasteiger partial charge >= 0.3 is 0 Å². The average Bonchev–Trinajstić information content (AvgIpc) is 3.52. The number of carbonyl (C=O) groups is 1. The fourth-order valence-electron chi connectivity index (χ4n) is 3.96. The summed E-state index contributed by atoms with van der Waals surface area (Å²) in [5, 5.41) is 0.727. The number of hydrogen-bond donors (Lipinski definition) is 0. The van der Waals surface area contributed by atoms with Crippen LogP contribution in [0.25, 0.3) is 16.9 Å². The fourth-order valence-corrected chi connectivity index (χ4v) is 4.09. The number of rotatable bonds is 4. The van der Waals surface area contributed by atoms with Gasteiger partial charge in [0.15, 0.2) is 0 Å². The molecule has 3 heterocycles. The van der Waals surface area contributed by atoms with Crippen molar-refractivity contribution in [3.63, 3.8) is 0 Å². The number of aromatic nitrogens is 2. The number of nitrogens with zero attached hydrogens (tertiary/aromatic N) is 4. The molecule has 0 atom stereocenters. The highest BCUT2D eigenvalue weighted by molar-refractivity contribution is 6.30. The molecule has 0 bridgehead atoms. The summed E-state index contributed by atoms with van der Waals surface area (Å²) in [4.78, 5) is 21.7. The zero-order valence-corrected chi connectivity index (χ0v) is 16.5. The van der Waals surface area contributed by atoms with Crippen LogP contribution in [0, 0.1) is 5.92 Å². The zero-order chi connectivity index (χ0) is 19.1. The summed E-state index contributed by atoms with van der Waals surface area (Å²) >= 11 is 6.07. The first-order valence-electron chi connectivity index (χ1n) is 9.92. The predicted molar refractivity (Wildman–Crippen MR) is 110 cm³/mol. The number of carbonyl (C=O) groups excluding carboxylic acids is 1. The van der Waals surface area contributed by atoms with E-state index in [0.717, 1.165) is 67.5 Å². The van der Waals surface area contributed by atoms with Gasteiger partial charge in [0.2, 0.25) is 5.91 Å². The summed E-state index contributed by atoms with van der Waals surface area (Å²) < 4.78 is 2.17. The van der Waals surface area contributed by atoms with Crippen LogP contribution in [0.1, 0.15) is 18.5 Å². The first-order chi connectivity index (χ1) is 13.7. The van der Waals surface area contributed by atoms with E-state index in [4.69, 9.17) is 16.6 Å². The third-order valence-corrected chi connectivity index (χ3v) is 5.98. The van der Waals surface area contributed by atoms with Crippen molar-refractivity contribution in [2.24, 2.45) is 5.92 Å². The van der Waals surface area contributed by atoms with Crippen molar-refractivity contribution in [1.82, 2.24) is 19.2 Å². The molecule has 2 aliphatic rings. The van der Waals surface area contributed by atoms with Crippen LogP contribution in [-0.4, -0.2) is 51.3 Å². The van der Waals surface area contributed by atoms with Crippen LogP contribution in [0.4, 0.5) is 0 Å². The van der Waals surface area contributed by atoms with Crippen molar-refractivity contribution in [1.29, 1.82) is 0 Å². The number of imidazole rings is 1. The highest BCUT2D eigenvalue weighted by Gasteiger charge is 2.34. The van der Waals surface area contributed by atoms with Crippen LogP contribution in [0.2, 0.25) is 5.02 Å². The Bertz CT molecular complexity index is 1000. The van der Waals surface area contributed by atoms with Gasteiger partial charge in [0.25, 0.3) is 0 Å². The second-order valence-electron chi connectivity index (χ2n) is 7.72. The molecule has 28 heavy (non-hydrogen) atoms. The van der Waals surface area contributed by atoms with Crippen molar-refractivity contribution in [3.8, 4) is 11.3 Å². The van der Waals surface area contributed by atoms with E-state index in [2.05, 4.69) is 15.5 Å². The first kappa shape index (κ1) is 17.7. The molecule has 1 saturated carbocycles. The highest BCUT2D eigenvalue weighted by Crippen LogP contribution is 2.31. The Kier molecular flexibility index (Phi) is 4.57. The van der Waals surface area contributed by atoms with Gasteiger partial charge in [0.05, 0.1) is 11.4 Å². The average molecular weight is 395 g/mol. The van der Waals surface area contributed by atoms with Crippen molar-refractivity contribution in [2.75, 3.05) is 26.2 Å². The summed E-state index contributed by atoms with van der Waals surface area (Å²) in [6.45, 7) is 4.26. The van der Waals surface area contributed by atoms with Gasteiger partial charge in [-0.15, -0.1) is 0 Å². The van der Waals surface area contributed by atoms with E-state index >= 15 is 0 Å². The summed E-state index contributed by atoms with van der Waals surface area (Å²) in [5.74, 6) is 0.665. The molecule has 3 aromatic rings. The lowest BCUT2D eigenvalue weighted by atomic mass is 10.1. The first-order valence-corrected chi connectivity index (χ1v) is 10.3. The number of amides is 1. The van der Waals surface area contributed by atoms with Crippen LogP contribution < -0.4 is 0 Å². The Morgan fingerprint density at radius 3 is 2.50 bits per heavy atom. The van der Waals surface area contributed by atoms with Crippen molar-refractivity contribution >= 4 is 23.2 Å². The largest absolute Gasteiger partial charge is 0.340 e. The number of piperazine rings is 1. The minimum absolute atomic E-state index is 0.307. The maximum atomic E-state index is 12.3. The van der Waals surface area contributed by atoms with E-state index in [-0.39, 0.29) is 0 Å². The Morgan fingerprint density at radius 1 is 1.04 bits per heavy atom. The van der Waals surface area contributed by atoms with Gasteiger partial charge in [-0.25, -0.2) is 4.98 Å². The minimum Gasteiger partial charge on any atom is -0.340 e. The molecule has 2 aromatic heterocycles. The molecule has 144 valence electrons. The Morgan fingerprint density at radius 2 is 1.79 bits per heavy atom. The van der Waals surface area contributed by atoms with E-state index in [0.29, 0.717) is 11.8 Å². The SMILES string of the molecule is O=C(C1CC1)N1CCN(Cc2c(-c3ccc(Cl)cc3)nc3ccccn23)CC1. The Hall–Kier alpha value is -2.37. The van der Waals surface area contributed by atoms with E-state index in [1.165, 1.54) is 5.69 Å². The quantitative estimate of drug-likeness (QED) is 0.677. The normalized spacial score (nSPS) is 18.0. The van der Waals surface area contributed by atoms with Gasteiger partial charge in [-0.1, -0.05) is 29.8 Å². The lowest BCUT2D eigenvalue weighted by Gasteiger charge is -2.34. The smallest absolute Gasteiger partial charge is 0.225 e. The lowest BCUT2D eigenvalue weighted by Crippen LogP contribution is -2.48. The molecule has 0 spiro atoms. The lowest BCUT2D eigenvalue weighted by molar-refractivity contribution is -0.134. The van der Waals surface area contributed by atoms with E-state index in [9.17, 15) is 4.79 Å². The minimum atomic E-state index is 0.307. The molecule has 0 radical (unpaired) electrons. The van der Waals surface area contributed by atoms with Crippen LogP contribution in [0.15, 0.2) is 48.7 Å². The van der Waals surface area contributed by atoms with Gasteiger partial charge in [-0.05, 0) is 37.1 Å². The van der Waals surface area contributed by atoms with Crippen LogP contribution in [0.5, 0.6) is 0 Å². The molecule has 1 saturated heterocycles. The van der Waals surface area contributed by atoms with E-state index in [1.807, 2.05) is 47.4 Å². The van der Waals surface area contributed by atoms with Crippen LogP contribution >= 0.6 is 11.6 Å². The van der Waals surface area contributed by atoms with Crippen molar-refractivity contribution in [3.05, 3.63) is 59.4 Å². The highest BCUT2D eigenvalue weighted by atomic mass is 35.5. The molecule has 1 amide bonds. The van der Waals surface area contributed by atoms with Gasteiger partial charge in [-0.3, -0.25) is 9.69 Å². The van der Waals surface area contributed by atoms with Crippen LogP contribution in [0.3, 0.4) is 0 Å². The van der Waals surface area contributed by atoms with Crippen molar-refractivity contribution < 1.29 is 4.79 Å². The molecule has 2 fully saturated rings. The third kappa shape index (κ3) is 3.40. The van der Waals surface area contributed by atoms with Gasteiger partial charge in [-0.2, -0.15) is 0 Å². The number of fused-ring (bicyclic) bond motifs is 1. The summed E-state index contributed by atoms with van der Waals surface area (Å²) in [7, 11) is 0. The third-order valence-electron chi connectivity index (χ3n) is 5.73. The molecule has 0 N–H and O–H groups in total. The Balaban J connectivity index is 1.40. The van der Waals surface area contributed by atoms with Crippen molar-refractivity contribution in [2.45, 2.75) is 19.4 Å². The van der Waals surface area contributed by atoms with E-state index < -0.39 is 0 Å². The number of halogens is 1. The van der Waals surface area contributed by atoms with Gasteiger partial charge < -0.3 is 9.30 Å². The number of pyridine rings is 1. The monoisotopic (exact) mass is 394 g/mol. The molecular formula is C22H23ClN4O. The molecule has 5 rings (SSSR count). The fraction of sp³-hybridized carbons (Fsp3) is 0.364. The molecule has 0 unspecified atom stereocenters. The molecule has 1 aliphatic heterocycles. The topological polar surface area (TPSA) is 40.9 Å². The number of benzene rings is 1. The summed E-state index contributed by atoms with van der Waals surface area (Å²) in [5.41, 5.74) is 4.20. The molecule has 6 heteroatoms. The Labute approximate surface area is 169 Å².